The van der Waals surface area contributed by atoms with Crippen molar-refractivity contribution in [2.24, 2.45) is 0 Å². The first kappa shape index (κ1) is 17.0. The third kappa shape index (κ3) is 3.77. The first-order chi connectivity index (χ1) is 11.5. The van der Waals surface area contributed by atoms with Gasteiger partial charge in [-0.3, -0.25) is 4.90 Å². The summed E-state index contributed by atoms with van der Waals surface area (Å²) in [4.78, 5) is 8.82. The minimum Gasteiger partial charge on any atom is -0.497 e. The normalized spacial score (nSPS) is 21.5. The fourth-order valence-corrected chi connectivity index (χ4v) is 3.42. The number of rotatable bonds is 6. The van der Waals surface area contributed by atoms with Gasteiger partial charge in [-0.25, -0.2) is 4.98 Å². The number of β-amino-alcohol motifs (C(OH)–C–C–N with tert-alkyl or cyclic N) is 1. The zero-order valence-corrected chi connectivity index (χ0v) is 14.6. The van der Waals surface area contributed by atoms with Crippen LogP contribution in [0.1, 0.15) is 12.2 Å². The van der Waals surface area contributed by atoms with Crippen LogP contribution in [0.4, 0.5) is 0 Å². The lowest BCUT2D eigenvalue weighted by Gasteiger charge is -2.26. The molecule has 6 nitrogen and oxygen atoms in total. The zero-order chi connectivity index (χ0) is 17.2. The Bertz CT molecular complexity index is 668. The highest BCUT2D eigenvalue weighted by atomic mass is 16.5. The van der Waals surface area contributed by atoms with E-state index in [4.69, 9.17) is 4.74 Å². The van der Waals surface area contributed by atoms with Crippen molar-refractivity contribution in [1.29, 1.82) is 0 Å². The summed E-state index contributed by atoms with van der Waals surface area (Å²) in [5, 5.41) is 10.7. The summed E-state index contributed by atoms with van der Waals surface area (Å²) in [7, 11) is 5.66. The van der Waals surface area contributed by atoms with Crippen molar-refractivity contribution < 1.29 is 9.84 Å². The van der Waals surface area contributed by atoms with Gasteiger partial charge >= 0.3 is 0 Å². The van der Waals surface area contributed by atoms with Crippen LogP contribution in [0.25, 0.3) is 5.69 Å². The van der Waals surface area contributed by atoms with Crippen LogP contribution >= 0.6 is 0 Å². The molecule has 1 N–H and O–H groups in total. The maximum Gasteiger partial charge on any atom is 0.127 e. The summed E-state index contributed by atoms with van der Waals surface area (Å²) in [5.74, 6) is 1.82. The lowest BCUT2D eigenvalue weighted by molar-refractivity contribution is 0.0238. The Labute approximate surface area is 143 Å². The number of benzene rings is 1. The average molecular weight is 330 g/mol. The number of likely N-dealkylation sites (tertiary alicyclic amines) is 1. The van der Waals surface area contributed by atoms with Crippen LogP contribution in [0.2, 0.25) is 0 Å². The number of imidazole rings is 1. The molecule has 6 heteroatoms. The van der Waals surface area contributed by atoms with Crippen LogP contribution in [0, 0.1) is 0 Å². The lowest BCUT2D eigenvalue weighted by atomic mass is 10.0. The van der Waals surface area contributed by atoms with E-state index in [2.05, 4.69) is 14.5 Å². The number of methoxy groups -OCH3 is 1. The second-order valence-corrected chi connectivity index (χ2v) is 6.83. The van der Waals surface area contributed by atoms with Gasteiger partial charge in [-0.15, -0.1) is 0 Å². The Kier molecular flexibility index (Phi) is 4.89. The van der Waals surface area contributed by atoms with Gasteiger partial charge in [0.2, 0.25) is 0 Å². The van der Waals surface area contributed by atoms with Crippen LogP contribution in [0.15, 0.2) is 36.7 Å². The Balaban J connectivity index is 1.70. The third-order valence-corrected chi connectivity index (χ3v) is 4.45. The summed E-state index contributed by atoms with van der Waals surface area (Å²) < 4.78 is 7.30. The van der Waals surface area contributed by atoms with E-state index in [9.17, 15) is 5.11 Å². The lowest BCUT2D eigenvalue weighted by Crippen LogP contribution is -2.42. The number of hydrogen-bond donors (Lipinski definition) is 1. The molecule has 24 heavy (non-hydrogen) atoms. The van der Waals surface area contributed by atoms with Gasteiger partial charge in [0.25, 0.3) is 0 Å². The Morgan fingerprint density at radius 2 is 2.04 bits per heavy atom. The molecule has 1 fully saturated rings. The smallest absolute Gasteiger partial charge is 0.127 e. The van der Waals surface area contributed by atoms with Crippen molar-refractivity contribution in [2.75, 3.05) is 40.8 Å². The summed E-state index contributed by atoms with van der Waals surface area (Å²) in [5.41, 5.74) is 0.437. The van der Waals surface area contributed by atoms with Gasteiger partial charge < -0.3 is 19.3 Å². The van der Waals surface area contributed by atoms with E-state index in [0.717, 1.165) is 36.8 Å². The maximum absolute atomic E-state index is 10.7. The second kappa shape index (κ2) is 6.93. The van der Waals surface area contributed by atoms with Crippen LogP contribution in [0.3, 0.4) is 0 Å². The van der Waals surface area contributed by atoms with Crippen LogP contribution in [0.5, 0.6) is 5.75 Å². The number of aliphatic hydroxyl groups is 1. The molecule has 0 aliphatic carbocycles. The van der Waals surface area contributed by atoms with Crippen LogP contribution < -0.4 is 4.74 Å². The summed E-state index contributed by atoms with van der Waals surface area (Å²) in [6.45, 7) is 2.99. The van der Waals surface area contributed by atoms with Crippen molar-refractivity contribution in [2.45, 2.75) is 18.6 Å². The zero-order valence-electron chi connectivity index (χ0n) is 14.6. The van der Waals surface area contributed by atoms with Crippen molar-refractivity contribution in [3.8, 4) is 11.4 Å². The third-order valence-electron chi connectivity index (χ3n) is 4.45. The molecule has 0 amide bonds. The van der Waals surface area contributed by atoms with E-state index in [1.807, 2.05) is 55.7 Å². The maximum atomic E-state index is 10.7. The molecule has 2 heterocycles. The molecule has 1 atom stereocenters. The van der Waals surface area contributed by atoms with Crippen molar-refractivity contribution in [3.63, 3.8) is 0 Å². The topological polar surface area (TPSA) is 53.8 Å². The molecule has 1 aliphatic rings. The van der Waals surface area contributed by atoms with Crippen LogP contribution in [-0.4, -0.2) is 70.9 Å². The van der Waals surface area contributed by atoms with E-state index in [1.54, 1.807) is 7.11 Å². The largest absolute Gasteiger partial charge is 0.497 e. The number of hydrogen-bond acceptors (Lipinski definition) is 5. The van der Waals surface area contributed by atoms with Gasteiger partial charge in [-0.2, -0.15) is 0 Å². The Hall–Kier alpha value is -1.89. The molecule has 0 radical (unpaired) electrons. The van der Waals surface area contributed by atoms with E-state index >= 15 is 0 Å². The molecule has 0 saturated carbocycles. The van der Waals surface area contributed by atoms with E-state index in [1.165, 1.54) is 0 Å². The Morgan fingerprint density at radius 1 is 1.29 bits per heavy atom. The first-order valence-electron chi connectivity index (χ1n) is 8.25. The molecule has 1 aromatic heterocycles. The summed E-state index contributed by atoms with van der Waals surface area (Å²) in [6, 6.07) is 7.95. The Morgan fingerprint density at radius 3 is 2.71 bits per heavy atom. The summed E-state index contributed by atoms with van der Waals surface area (Å²) in [6.07, 6.45) is 4.59. The van der Waals surface area contributed by atoms with Gasteiger partial charge in [0.05, 0.1) is 19.3 Å². The fraction of sp³-hybridized carbons (Fsp3) is 0.500. The molecule has 2 aromatic rings. The molecule has 0 unspecified atom stereocenters. The average Bonchev–Trinajstić information content (AvgIpc) is 3.14. The van der Waals surface area contributed by atoms with Crippen molar-refractivity contribution in [1.82, 2.24) is 19.4 Å². The molecule has 3 rings (SSSR count). The van der Waals surface area contributed by atoms with E-state index in [0.29, 0.717) is 13.1 Å². The predicted molar refractivity (Wildman–Crippen MR) is 93.5 cm³/mol. The second-order valence-electron chi connectivity index (χ2n) is 6.83. The van der Waals surface area contributed by atoms with Crippen LogP contribution in [-0.2, 0) is 6.54 Å². The minimum atomic E-state index is -0.624. The SMILES string of the molecule is COc1ccc(-n2ccnc2CN2CC[C@@](O)(CN(C)C)C2)cc1. The van der Waals surface area contributed by atoms with Gasteiger partial charge in [0, 0.05) is 37.7 Å². The fourth-order valence-electron chi connectivity index (χ4n) is 3.42. The quantitative estimate of drug-likeness (QED) is 0.867. The molecule has 130 valence electrons. The first-order valence-corrected chi connectivity index (χ1v) is 8.25. The van der Waals surface area contributed by atoms with Gasteiger partial charge in [-0.1, -0.05) is 0 Å². The molecular weight excluding hydrogens is 304 g/mol. The summed E-state index contributed by atoms with van der Waals surface area (Å²) >= 11 is 0. The highest BCUT2D eigenvalue weighted by Gasteiger charge is 2.36. The minimum absolute atomic E-state index is 0.624. The molecule has 1 aromatic carbocycles. The predicted octanol–water partition coefficient (Wildman–Crippen LogP) is 1.38. The highest BCUT2D eigenvalue weighted by molar-refractivity contribution is 5.38. The van der Waals surface area contributed by atoms with Crippen molar-refractivity contribution >= 4 is 0 Å². The van der Waals surface area contributed by atoms with Gasteiger partial charge in [0.1, 0.15) is 11.6 Å². The molecule has 1 aliphatic heterocycles. The van der Waals surface area contributed by atoms with Crippen molar-refractivity contribution in [3.05, 3.63) is 42.5 Å². The van der Waals surface area contributed by atoms with E-state index in [-0.39, 0.29) is 0 Å². The molecule has 0 spiro atoms. The number of likely N-dealkylation sites (N-methyl/N-ethyl adjacent to an activating group) is 1. The van der Waals surface area contributed by atoms with Gasteiger partial charge in [0.15, 0.2) is 0 Å². The number of aromatic nitrogens is 2. The number of nitrogens with zero attached hydrogens (tertiary/aromatic N) is 4. The number of ether oxygens (including phenoxy) is 1. The molecule has 1 saturated heterocycles. The highest BCUT2D eigenvalue weighted by Crippen LogP contribution is 2.24. The standard InChI is InChI=1S/C18H26N4O2/c1-20(2)13-18(23)8-10-21(14-18)12-17-19-9-11-22(17)15-4-6-16(24-3)7-5-15/h4-7,9,11,23H,8,10,12-14H2,1-3H3/t18-/m1/s1. The van der Waals surface area contributed by atoms with Gasteiger partial charge in [-0.05, 0) is 44.8 Å². The van der Waals surface area contributed by atoms with E-state index < -0.39 is 5.60 Å². The molecular formula is C18H26N4O2. The monoisotopic (exact) mass is 330 g/mol. The molecule has 0 bridgehead atoms.